The van der Waals surface area contributed by atoms with E-state index in [9.17, 15) is 14.4 Å². The van der Waals surface area contributed by atoms with Crippen LogP contribution in [0.5, 0.6) is 0 Å². The monoisotopic (exact) mass is 364 g/mol. The van der Waals surface area contributed by atoms with Crippen molar-refractivity contribution >= 4 is 23.4 Å². The number of nitrogens with one attached hydrogen (secondary N) is 3. The Hall–Kier alpha value is -3.66. The van der Waals surface area contributed by atoms with Crippen LogP contribution in [0.2, 0.25) is 0 Å². The number of anilines is 1. The van der Waals surface area contributed by atoms with Gasteiger partial charge in [-0.2, -0.15) is 5.26 Å². The van der Waals surface area contributed by atoms with Crippen molar-refractivity contribution < 1.29 is 14.4 Å². The fourth-order valence-corrected chi connectivity index (χ4v) is 2.46. The summed E-state index contributed by atoms with van der Waals surface area (Å²) in [5.74, 6) is -1.05. The molecule has 0 aromatic heterocycles. The quantitative estimate of drug-likeness (QED) is 0.648. The van der Waals surface area contributed by atoms with Crippen LogP contribution < -0.4 is 16.0 Å². The van der Waals surface area contributed by atoms with Gasteiger partial charge in [-0.3, -0.25) is 14.4 Å². The minimum absolute atomic E-state index is 0.134. The van der Waals surface area contributed by atoms with Gasteiger partial charge < -0.3 is 16.0 Å². The van der Waals surface area contributed by atoms with Crippen LogP contribution in [0.15, 0.2) is 54.6 Å². The Labute approximate surface area is 157 Å². The molecule has 0 bridgehead atoms. The molecular formula is C20H20N4O3. The second-order valence-electron chi connectivity index (χ2n) is 5.85. The van der Waals surface area contributed by atoms with Crippen LogP contribution >= 0.6 is 0 Å². The Bertz CT molecular complexity index is 842. The summed E-state index contributed by atoms with van der Waals surface area (Å²) < 4.78 is 0. The lowest BCUT2D eigenvalue weighted by Crippen LogP contribution is -2.48. The zero-order chi connectivity index (χ0) is 19.6. The molecule has 0 saturated heterocycles. The third-order valence-corrected chi connectivity index (χ3v) is 3.71. The maximum absolute atomic E-state index is 12.5. The molecule has 0 saturated carbocycles. The minimum atomic E-state index is -0.816. The van der Waals surface area contributed by atoms with Gasteiger partial charge in [-0.25, -0.2) is 0 Å². The Morgan fingerprint density at radius 1 is 1.04 bits per heavy atom. The van der Waals surface area contributed by atoms with Crippen molar-refractivity contribution in [1.82, 2.24) is 10.6 Å². The van der Waals surface area contributed by atoms with Crippen LogP contribution in [0.1, 0.15) is 22.8 Å². The van der Waals surface area contributed by atoms with Gasteiger partial charge in [0.05, 0.1) is 6.07 Å². The van der Waals surface area contributed by atoms with Gasteiger partial charge in [0.15, 0.2) is 0 Å². The average molecular weight is 364 g/mol. The van der Waals surface area contributed by atoms with E-state index in [4.69, 9.17) is 5.26 Å². The van der Waals surface area contributed by atoms with Crippen molar-refractivity contribution in [2.45, 2.75) is 19.4 Å². The highest BCUT2D eigenvalue weighted by atomic mass is 16.2. The van der Waals surface area contributed by atoms with Gasteiger partial charge in [0.2, 0.25) is 11.8 Å². The molecule has 0 heterocycles. The third-order valence-electron chi connectivity index (χ3n) is 3.71. The molecule has 138 valence electrons. The number of hydrogen-bond acceptors (Lipinski definition) is 4. The molecule has 0 aliphatic rings. The molecule has 0 spiro atoms. The summed E-state index contributed by atoms with van der Waals surface area (Å²) in [6.45, 7) is 1.26. The topological polar surface area (TPSA) is 111 Å². The maximum atomic E-state index is 12.5. The first kappa shape index (κ1) is 19.7. The highest BCUT2D eigenvalue weighted by molar-refractivity contribution is 5.98. The maximum Gasteiger partial charge on any atom is 0.251 e. The summed E-state index contributed by atoms with van der Waals surface area (Å²) in [7, 11) is 0. The van der Waals surface area contributed by atoms with Gasteiger partial charge in [0.1, 0.15) is 12.6 Å². The van der Waals surface area contributed by atoms with Crippen LogP contribution in [-0.4, -0.2) is 30.3 Å². The number of hydrogen-bond donors (Lipinski definition) is 3. The molecule has 27 heavy (non-hydrogen) atoms. The van der Waals surface area contributed by atoms with E-state index in [0.29, 0.717) is 17.7 Å². The summed E-state index contributed by atoms with van der Waals surface area (Å²) in [6.07, 6.45) is 0.299. The molecular weight excluding hydrogens is 344 g/mol. The van der Waals surface area contributed by atoms with Gasteiger partial charge in [-0.1, -0.05) is 30.3 Å². The van der Waals surface area contributed by atoms with Crippen molar-refractivity contribution in [1.29, 1.82) is 5.26 Å². The summed E-state index contributed by atoms with van der Waals surface area (Å²) in [4.78, 5) is 35.9. The Morgan fingerprint density at radius 3 is 2.30 bits per heavy atom. The molecule has 2 rings (SSSR count). The Morgan fingerprint density at radius 2 is 1.70 bits per heavy atom. The SMILES string of the molecule is CC(=O)Nc1ccc(C(=O)NC(Cc2ccccc2)C(=O)NCC#N)cc1. The van der Waals surface area contributed by atoms with E-state index < -0.39 is 17.9 Å². The predicted octanol–water partition coefficient (Wildman–Crippen LogP) is 1.63. The van der Waals surface area contributed by atoms with E-state index >= 15 is 0 Å². The molecule has 3 amide bonds. The third kappa shape index (κ3) is 6.29. The average Bonchev–Trinajstić information content (AvgIpc) is 2.66. The van der Waals surface area contributed by atoms with E-state index in [2.05, 4.69) is 16.0 Å². The van der Waals surface area contributed by atoms with Crippen LogP contribution in [-0.2, 0) is 16.0 Å². The lowest BCUT2D eigenvalue weighted by Gasteiger charge is -2.18. The number of carbonyl (C=O) groups is 3. The normalized spacial score (nSPS) is 11.0. The standard InChI is InChI=1S/C20H20N4O3/c1-14(25)23-17-9-7-16(8-10-17)19(26)24-18(20(27)22-12-11-21)13-15-5-3-2-4-6-15/h2-10,18H,12-13H2,1H3,(H,22,27)(H,23,25)(H,24,26). The van der Waals surface area contributed by atoms with E-state index in [1.165, 1.54) is 6.92 Å². The van der Waals surface area contributed by atoms with Crippen molar-refractivity contribution in [3.8, 4) is 6.07 Å². The smallest absolute Gasteiger partial charge is 0.251 e. The number of rotatable bonds is 7. The first-order valence-corrected chi connectivity index (χ1v) is 8.36. The first-order valence-electron chi connectivity index (χ1n) is 8.36. The molecule has 1 unspecified atom stereocenters. The molecule has 0 aliphatic carbocycles. The van der Waals surface area contributed by atoms with Gasteiger partial charge in [-0.15, -0.1) is 0 Å². The zero-order valence-electron chi connectivity index (χ0n) is 14.9. The zero-order valence-corrected chi connectivity index (χ0v) is 14.9. The Balaban J connectivity index is 2.10. The van der Waals surface area contributed by atoms with Crippen molar-refractivity contribution in [2.75, 3.05) is 11.9 Å². The van der Waals surface area contributed by atoms with Gasteiger partial charge in [0, 0.05) is 24.6 Å². The lowest BCUT2D eigenvalue weighted by atomic mass is 10.0. The van der Waals surface area contributed by atoms with Crippen molar-refractivity contribution in [3.05, 3.63) is 65.7 Å². The summed E-state index contributed by atoms with van der Waals surface area (Å²) in [5, 5.41) is 16.5. The van der Waals surface area contributed by atoms with Crippen molar-refractivity contribution in [3.63, 3.8) is 0 Å². The van der Waals surface area contributed by atoms with Gasteiger partial charge in [-0.05, 0) is 29.8 Å². The largest absolute Gasteiger partial charge is 0.341 e. The fraction of sp³-hybridized carbons (Fsp3) is 0.200. The Kier molecular flexibility index (Phi) is 7.08. The summed E-state index contributed by atoms with van der Waals surface area (Å²) >= 11 is 0. The second kappa shape index (κ2) is 9.73. The van der Waals surface area contributed by atoms with Crippen molar-refractivity contribution in [2.24, 2.45) is 0 Å². The second-order valence-corrected chi connectivity index (χ2v) is 5.85. The molecule has 0 aliphatic heterocycles. The van der Waals surface area contributed by atoms with Gasteiger partial charge in [0.25, 0.3) is 5.91 Å². The van der Waals surface area contributed by atoms with Crippen LogP contribution in [0.3, 0.4) is 0 Å². The fourth-order valence-electron chi connectivity index (χ4n) is 2.46. The molecule has 2 aromatic carbocycles. The number of benzene rings is 2. The summed E-state index contributed by atoms with van der Waals surface area (Å²) in [6, 6.07) is 16.7. The van der Waals surface area contributed by atoms with E-state index in [1.807, 2.05) is 36.4 Å². The number of nitriles is 1. The van der Waals surface area contributed by atoms with Crippen LogP contribution in [0.25, 0.3) is 0 Å². The number of amides is 3. The molecule has 7 nitrogen and oxygen atoms in total. The van der Waals surface area contributed by atoms with E-state index in [1.54, 1.807) is 24.3 Å². The summed E-state index contributed by atoms with van der Waals surface area (Å²) in [5.41, 5.74) is 1.82. The molecule has 7 heteroatoms. The number of carbonyl (C=O) groups excluding carboxylic acids is 3. The van der Waals surface area contributed by atoms with Crippen LogP contribution in [0, 0.1) is 11.3 Å². The minimum Gasteiger partial charge on any atom is -0.341 e. The van der Waals surface area contributed by atoms with E-state index in [-0.39, 0.29) is 12.5 Å². The first-order chi connectivity index (χ1) is 13.0. The molecule has 1 atom stereocenters. The van der Waals surface area contributed by atoms with Crippen LogP contribution in [0.4, 0.5) is 5.69 Å². The number of nitrogens with zero attached hydrogens (tertiary/aromatic N) is 1. The van der Waals surface area contributed by atoms with Gasteiger partial charge >= 0.3 is 0 Å². The predicted molar refractivity (Wildman–Crippen MR) is 101 cm³/mol. The highest BCUT2D eigenvalue weighted by Crippen LogP contribution is 2.10. The lowest BCUT2D eigenvalue weighted by molar-refractivity contribution is -0.122. The molecule has 0 fully saturated rings. The molecule has 3 N–H and O–H groups in total. The highest BCUT2D eigenvalue weighted by Gasteiger charge is 2.21. The van der Waals surface area contributed by atoms with E-state index in [0.717, 1.165) is 5.56 Å². The molecule has 0 radical (unpaired) electrons. The molecule has 2 aromatic rings.